The van der Waals surface area contributed by atoms with E-state index in [1.165, 1.54) is 23.3 Å². The Labute approximate surface area is 180 Å². The van der Waals surface area contributed by atoms with E-state index in [2.05, 4.69) is 5.32 Å². The summed E-state index contributed by atoms with van der Waals surface area (Å²) in [6, 6.07) is 12.6. The summed E-state index contributed by atoms with van der Waals surface area (Å²) in [6.45, 7) is 0.169. The predicted molar refractivity (Wildman–Crippen MR) is 108 cm³/mol. The molecule has 1 aromatic heterocycles. The number of halogens is 4. The van der Waals surface area contributed by atoms with E-state index < -0.39 is 34.6 Å². The molecule has 0 bridgehead atoms. The molecule has 1 N–H and O–H groups in total. The number of anilines is 1. The van der Waals surface area contributed by atoms with Gasteiger partial charge in [-0.25, -0.2) is 0 Å². The summed E-state index contributed by atoms with van der Waals surface area (Å²) < 4.78 is 44.6. The zero-order valence-electron chi connectivity index (χ0n) is 15.9. The quantitative estimate of drug-likeness (QED) is 0.602. The van der Waals surface area contributed by atoms with Crippen molar-refractivity contribution in [3.05, 3.63) is 88.3 Å². The van der Waals surface area contributed by atoms with E-state index in [0.717, 1.165) is 23.3 Å². The van der Waals surface area contributed by atoms with Crippen molar-refractivity contribution in [2.45, 2.75) is 25.2 Å². The van der Waals surface area contributed by atoms with Gasteiger partial charge in [0.15, 0.2) is 5.76 Å². The van der Waals surface area contributed by atoms with E-state index in [0.29, 0.717) is 0 Å². The number of benzene rings is 2. The van der Waals surface area contributed by atoms with E-state index in [-0.39, 0.29) is 24.4 Å². The molecule has 5 nitrogen and oxygen atoms in total. The summed E-state index contributed by atoms with van der Waals surface area (Å²) in [5.41, 5.74) is 0.658. The molecular formula is C22H16ClF3N2O3. The van der Waals surface area contributed by atoms with Crippen LogP contribution in [-0.2, 0) is 23.9 Å². The highest BCUT2D eigenvalue weighted by Crippen LogP contribution is 2.36. The number of furan rings is 1. The molecule has 0 aliphatic carbocycles. The van der Waals surface area contributed by atoms with Crippen molar-refractivity contribution in [2.75, 3.05) is 5.32 Å². The summed E-state index contributed by atoms with van der Waals surface area (Å²) in [5.74, 6) is -1.01. The van der Waals surface area contributed by atoms with Crippen LogP contribution in [0.5, 0.6) is 0 Å². The first-order valence-electron chi connectivity index (χ1n) is 9.33. The maximum atomic E-state index is 13.2. The first-order chi connectivity index (χ1) is 14.7. The van der Waals surface area contributed by atoms with Crippen LogP contribution in [0.3, 0.4) is 0 Å². The normalized spacial score (nSPS) is 16.0. The van der Waals surface area contributed by atoms with E-state index in [1.807, 2.05) is 24.3 Å². The Kier molecular flexibility index (Phi) is 5.49. The molecule has 160 valence electrons. The molecule has 0 unspecified atom stereocenters. The van der Waals surface area contributed by atoms with Gasteiger partial charge in [0, 0.05) is 18.7 Å². The smallest absolute Gasteiger partial charge is 0.417 e. The monoisotopic (exact) mass is 448 g/mol. The second-order valence-corrected chi connectivity index (χ2v) is 7.49. The Hall–Kier alpha value is -3.26. The highest BCUT2D eigenvalue weighted by Gasteiger charge is 2.37. The molecule has 0 saturated carbocycles. The van der Waals surface area contributed by atoms with Gasteiger partial charge in [-0.2, -0.15) is 13.2 Å². The van der Waals surface area contributed by atoms with Gasteiger partial charge in [-0.1, -0.05) is 35.9 Å². The highest BCUT2D eigenvalue weighted by molar-refractivity contribution is 6.31. The van der Waals surface area contributed by atoms with Gasteiger partial charge in [0.2, 0.25) is 5.91 Å². The van der Waals surface area contributed by atoms with Gasteiger partial charge in [0.05, 0.1) is 16.8 Å². The fourth-order valence-corrected chi connectivity index (χ4v) is 3.78. The van der Waals surface area contributed by atoms with Gasteiger partial charge in [-0.15, -0.1) is 0 Å². The Balaban J connectivity index is 1.64. The molecule has 31 heavy (non-hydrogen) atoms. The van der Waals surface area contributed by atoms with Crippen LogP contribution in [0.2, 0.25) is 5.02 Å². The zero-order chi connectivity index (χ0) is 22.2. The molecular weight excluding hydrogens is 433 g/mol. The molecule has 2 heterocycles. The van der Waals surface area contributed by atoms with Crippen LogP contribution in [0.25, 0.3) is 0 Å². The summed E-state index contributed by atoms with van der Waals surface area (Å²) >= 11 is 5.65. The lowest BCUT2D eigenvalue weighted by molar-refractivity contribution is -0.137. The molecule has 2 aromatic carbocycles. The number of nitrogens with one attached hydrogen (secondary N) is 1. The third kappa shape index (κ3) is 4.29. The lowest BCUT2D eigenvalue weighted by Crippen LogP contribution is -2.50. The fourth-order valence-electron chi connectivity index (χ4n) is 3.56. The predicted octanol–water partition coefficient (Wildman–Crippen LogP) is 5.16. The summed E-state index contributed by atoms with van der Waals surface area (Å²) in [6.07, 6.45) is -3.09. The molecule has 2 amide bonds. The van der Waals surface area contributed by atoms with Crippen LogP contribution in [-0.4, -0.2) is 22.8 Å². The first kappa shape index (κ1) is 21.0. The van der Waals surface area contributed by atoms with Gasteiger partial charge >= 0.3 is 6.18 Å². The topological polar surface area (TPSA) is 62.6 Å². The Bertz CT molecular complexity index is 1130. The second kappa shape index (κ2) is 8.11. The van der Waals surface area contributed by atoms with E-state index in [9.17, 15) is 22.8 Å². The van der Waals surface area contributed by atoms with Gasteiger partial charge < -0.3 is 14.6 Å². The Morgan fingerprint density at radius 1 is 1.06 bits per heavy atom. The number of rotatable bonds is 3. The van der Waals surface area contributed by atoms with Crippen LogP contribution in [0, 0.1) is 0 Å². The Morgan fingerprint density at radius 2 is 1.81 bits per heavy atom. The number of nitrogens with zero attached hydrogens (tertiary/aromatic N) is 1. The van der Waals surface area contributed by atoms with Crippen molar-refractivity contribution in [1.29, 1.82) is 0 Å². The van der Waals surface area contributed by atoms with Crippen molar-refractivity contribution < 1.29 is 27.2 Å². The van der Waals surface area contributed by atoms with Crippen LogP contribution in [0.15, 0.2) is 65.3 Å². The Morgan fingerprint density at radius 3 is 2.48 bits per heavy atom. The highest BCUT2D eigenvalue weighted by atomic mass is 35.5. The van der Waals surface area contributed by atoms with Crippen molar-refractivity contribution in [3.63, 3.8) is 0 Å². The average Bonchev–Trinajstić information content (AvgIpc) is 3.27. The number of amides is 2. The lowest BCUT2D eigenvalue weighted by Gasteiger charge is -2.35. The molecule has 0 radical (unpaired) electrons. The van der Waals surface area contributed by atoms with Crippen molar-refractivity contribution in [2.24, 2.45) is 0 Å². The maximum absolute atomic E-state index is 13.2. The van der Waals surface area contributed by atoms with Crippen molar-refractivity contribution in [3.8, 4) is 0 Å². The minimum Gasteiger partial charge on any atom is -0.459 e. The summed E-state index contributed by atoms with van der Waals surface area (Å²) in [7, 11) is 0. The fraction of sp³-hybridized carbons (Fsp3) is 0.182. The van der Waals surface area contributed by atoms with E-state index in [1.54, 1.807) is 6.07 Å². The molecule has 1 aliphatic heterocycles. The van der Waals surface area contributed by atoms with Crippen LogP contribution in [0.1, 0.15) is 27.2 Å². The largest absolute Gasteiger partial charge is 0.459 e. The first-order valence-corrected chi connectivity index (χ1v) is 9.70. The van der Waals surface area contributed by atoms with Gasteiger partial charge in [-0.3, -0.25) is 9.59 Å². The minimum absolute atomic E-state index is 0.0639. The number of alkyl halides is 3. The molecule has 1 aliphatic rings. The number of hydrogen-bond donors (Lipinski definition) is 1. The number of fused-ring (bicyclic) bond motifs is 1. The third-order valence-electron chi connectivity index (χ3n) is 5.08. The summed E-state index contributed by atoms with van der Waals surface area (Å²) in [4.78, 5) is 27.4. The van der Waals surface area contributed by atoms with Crippen molar-refractivity contribution >= 4 is 29.1 Å². The number of carbonyl (C=O) groups excluding carboxylic acids is 2. The molecule has 0 fully saturated rings. The van der Waals surface area contributed by atoms with Crippen LogP contribution < -0.4 is 5.32 Å². The summed E-state index contributed by atoms with van der Waals surface area (Å²) in [5, 5.41) is 2.02. The average molecular weight is 449 g/mol. The SMILES string of the molecule is O=C(Nc1ccc(Cl)c(C(F)(F)F)c1)[C@@H]1Cc2ccccc2CN1C(=O)c1ccco1. The minimum atomic E-state index is -4.66. The number of carbonyl (C=O) groups is 2. The van der Waals surface area contributed by atoms with Gasteiger partial charge in [-0.05, 0) is 41.5 Å². The van der Waals surface area contributed by atoms with E-state index in [4.69, 9.17) is 16.0 Å². The van der Waals surface area contributed by atoms with Gasteiger partial charge in [0.1, 0.15) is 6.04 Å². The van der Waals surface area contributed by atoms with Crippen molar-refractivity contribution in [1.82, 2.24) is 4.90 Å². The maximum Gasteiger partial charge on any atom is 0.417 e. The number of hydrogen-bond acceptors (Lipinski definition) is 3. The zero-order valence-corrected chi connectivity index (χ0v) is 16.7. The van der Waals surface area contributed by atoms with Crippen LogP contribution >= 0.6 is 11.6 Å². The molecule has 1 atom stereocenters. The lowest BCUT2D eigenvalue weighted by atomic mass is 9.93. The third-order valence-corrected chi connectivity index (χ3v) is 5.41. The molecule has 9 heteroatoms. The molecule has 0 spiro atoms. The standard InChI is InChI=1S/C22H16ClF3N2O3/c23-17-8-7-15(11-16(17)22(24,25)26)27-20(29)18-10-13-4-1-2-5-14(13)12-28(18)21(30)19-6-3-9-31-19/h1-9,11,18H,10,12H2,(H,27,29)/t18-/m0/s1. The molecule has 0 saturated heterocycles. The van der Waals surface area contributed by atoms with E-state index >= 15 is 0 Å². The van der Waals surface area contributed by atoms with Gasteiger partial charge in [0.25, 0.3) is 5.91 Å². The molecule has 4 rings (SSSR count). The molecule has 3 aromatic rings. The van der Waals surface area contributed by atoms with Crippen LogP contribution in [0.4, 0.5) is 18.9 Å². The second-order valence-electron chi connectivity index (χ2n) is 7.08.